The van der Waals surface area contributed by atoms with Gasteiger partial charge in [0.25, 0.3) is 0 Å². The van der Waals surface area contributed by atoms with Gasteiger partial charge in [0.2, 0.25) is 11.8 Å². The van der Waals surface area contributed by atoms with Crippen LogP contribution in [0.5, 0.6) is 5.75 Å². The molecule has 0 aromatic heterocycles. The van der Waals surface area contributed by atoms with Gasteiger partial charge in [0, 0.05) is 12.7 Å². The van der Waals surface area contributed by atoms with Crippen LogP contribution in [0.25, 0.3) is 0 Å². The van der Waals surface area contributed by atoms with Crippen molar-refractivity contribution in [3.05, 3.63) is 59.7 Å². The maximum absolute atomic E-state index is 13.0. The molecule has 0 aliphatic carbocycles. The summed E-state index contributed by atoms with van der Waals surface area (Å²) in [6.07, 6.45) is 4.04. The molecule has 6 nitrogen and oxygen atoms in total. The first-order chi connectivity index (χ1) is 15.9. The number of nitrogens with zero attached hydrogens (tertiary/aromatic N) is 2. The maximum Gasteiger partial charge on any atom is 0.243 e. The topological polar surface area (TPSA) is 61.9 Å². The van der Waals surface area contributed by atoms with Crippen molar-refractivity contribution in [1.82, 2.24) is 9.80 Å². The van der Waals surface area contributed by atoms with Gasteiger partial charge in [-0.15, -0.1) is 0 Å². The van der Waals surface area contributed by atoms with Crippen LogP contribution in [0.15, 0.2) is 48.5 Å². The summed E-state index contributed by atoms with van der Waals surface area (Å²) >= 11 is 0. The van der Waals surface area contributed by atoms with E-state index in [9.17, 15) is 9.59 Å². The monoisotopic (exact) mass is 451 g/mol. The second-order valence-corrected chi connectivity index (χ2v) is 8.96. The predicted octanol–water partition coefficient (Wildman–Crippen LogP) is 4.00. The highest BCUT2D eigenvalue weighted by atomic mass is 16.5. The summed E-state index contributed by atoms with van der Waals surface area (Å²) in [5.41, 5.74) is 3.23. The minimum atomic E-state index is -0.229. The van der Waals surface area contributed by atoms with Gasteiger partial charge < -0.3 is 15.0 Å². The number of likely N-dealkylation sites (tertiary alicyclic amines) is 1. The number of anilines is 1. The zero-order chi connectivity index (χ0) is 23.8. The van der Waals surface area contributed by atoms with Crippen LogP contribution in [0.4, 0.5) is 5.69 Å². The summed E-state index contributed by atoms with van der Waals surface area (Å²) in [6.45, 7) is 5.86. The fourth-order valence-corrected chi connectivity index (χ4v) is 4.55. The van der Waals surface area contributed by atoms with E-state index in [0.717, 1.165) is 55.8 Å². The number of aryl methyl sites for hydroxylation is 1. The number of likely N-dealkylation sites (N-methyl/N-ethyl adjacent to an activating group) is 1. The van der Waals surface area contributed by atoms with Crippen molar-refractivity contribution < 1.29 is 14.3 Å². The van der Waals surface area contributed by atoms with Crippen molar-refractivity contribution in [2.45, 2.75) is 45.6 Å². The van der Waals surface area contributed by atoms with Gasteiger partial charge in [-0.3, -0.25) is 14.5 Å². The second kappa shape index (κ2) is 11.8. The highest BCUT2D eigenvalue weighted by molar-refractivity contribution is 5.95. The van der Waals surface area contributed by atoms with E-state index in [-0.39, 0.29) is 24.4 Å². The quantitative estimate of drug-likeness (QED) is 0.626. The number of hydrogen-bond acceptors (Lipinski definition) is 4. The Bertz CT molecular complexity index is 920. The molecule has 3 rings (SSSR count). The second-order valence-electron chi connectivity index (χ2n) is 8.96. The van der Waals surface area contributed by atoms with E-state index in [1.165, 1.54) is 10.5 Å². The molecule has 0 saturated carbocycles. The minimum Gasteiger partial charge on any atom is -0.497 e. The molecule has 1 aliphatic heterocycles. The van der Waals surface area contributed by atoms with E-state index in [2.05, 4.69) is 29.3 Å². The first-order valence-corrected chi connectivity index (χ1v) is 11.9. The van der Waals surface area contributed by atoms with Crippen LogP contribution in [0.3, 0.4) is 0 Å². The first kappa shape index (κ1) is 24.8. The molecule has 6 heteroatoms. The Balaban J connectivity index is 1.45. The highest BCUT2D eigenvalue weighted by Crippen LogP contribution is 2.24. The number of benzene rings is 2. The third-order valence-electron chi connectivity index (χ3n) is 6.67. The summed E-state index contributed by atoms with van der Waals surface area (Å²) < 4.78 is 5.24. The number of carbonyl (C=O) groups excluding carboxylic acids is 2. The van der Waals surface area contributed by atoms with Gasteiger partial charge in [0.1, 0.15) is 5.75 Å². The van der Waals surface area contributed by atoms with Crippen LogP contribution in [0, 0.1) is 5.92 Å². The van der Waals surface area contributed by atoms with E-state index in [0.29, 0.717) is 5.92 Å². The standard InChI is InChI=1S/C27H37N3O3/c1-5-23-8-6-7-9-25(23)28-26(31)19-29(3)27(32)20(2)30-16-14-22(15-17-30)18-21-10-12-24(33-4)13-11-21/h6-13,20,22H,5,14-19H2,1-4H3,(H,28,31). The lowest BCUT2D eigenvalue weighted by atomic mass is 9.89. The molecule has 2 aromatic rings. The molecule has 1 N–H and O–H groups in total. The summed E-state index contributed by atoms with van der Waals surface area (Å²) in [7, 11) is 3.39. The summed E-state index contributed by atoms with van der Waals surface area (Å²) in [6, 6.07) is 15.8. The number of carbonyl (C=O) groups is 2. The molecule has 0 spiro atoms. The van der Waals surface area contributed by atoms with E-state index in [1.54, 1.807) is 14.2 Å². The third-order valence-corrected chi connectivity index (χ3v) is 6.67. The van der Waals surface area contributed by atoms with Crippen molar-refractivity contribution in [3.8, 4) is 5.75 Å². The molecule has 1 unspecified atom stereocenters. The van der Waals surface area contributed by atoms with Crippen molar-refractivity contribution in [1.29, 1.82) is 0 Å². The fourth-order valence-electron chi connectivity index (χ4n) is 4.55. The number of amides is 2. The summed E-state index contributed by atoms with van der Waals surface area (Å²) in [4.78, 5) is 29.3. The van der Waals surface area contributed by atoms with Crippen molar-refractivity contribution in [2.75, 3.05) is 39.1 Å². The molecule has 1 atom stereocenters. The molecule has 1 fully saturated rings. The van der Waals surface area contributed by atoms with Gasteiger partial charge in [0.05, 0.1) is 19.7 Å². The Morgan fingerprint density at radius 1 is 1.12 bits per heavy atom. The number of methoxy groups -OCH3 is 1. The summed E-state index contributed by atoms with van der Waals surface area (Å²) in [5, 5.41) is 2.95. The van der Waals surface area contributed by atoms with Crippen LogP contribution >= 0.6 is 0 Å². The van der Waals surface area contributed by atoms with Crippen molar-refractivity contribution in [3.63, 3.8) is 0 Å². The van der Waals surface area contributed by atoms with Crippen LogP contribution in [-0.2, 0) is 22.4 Å². The average molecular weight is 452 g/mol. The lowest BCUT2D eigenvalue weighted by molar-refractivity contribution is -0.138. The third kappa shape index (κ3) is 6.81. The van der Waals surface area contributed by atoms with E-state index >= 15 is 0 Å². The number of piperidine rings is 1. The van der Waals surface area contributed by atoms with Gasteiger partial charge in [-0.2, -0.15) is 0 Å². The summed E-state index contributed by atoms with van der Waals surface area (Å²) in [5.74, 6) is 1.33. The molecular weight excluding hydrogens is 414 g/mol. The minimum absolute atomic E-state index is 0.0115. The largest absolute Gasteiger partial charge is 0.497 e. The van der Waals surface area contributed by atoms with Crippen LogP contribution in [-0.4, -0.2) is 61.4 Å². The number of ether oxygens (including phenoxy) is 1. The molecule has 2 amide bonds. The van der Waals surface area contributed by atoms with Crippen LogP contribution < -0.4 is 10.1 Å². The number of nitrogens with one attached hydrogen (secondary N) is 1. The fraction of sp³-hybridized carbons (Fsp3) is 0.481. The Morgan fingerprint density at radius 3 is 2.42 bits per heavy atom. The van der Waals surface area contributed by atoms with E-state index in [1.807, 2.05) is 43.3 Å². The number of para-hydroxylation sites is 1. The molecule has 2 aromatic carbocycles. The van der Waals surface area contributed by atoms with E-state index in [4.69, 9.17) is 4.74 Å². The van der Waals surface area contributed by atoms with E-state index < -0.39 is 0 Å². The van der Waals surface area contributed by atoms with Crippen LogP contribution in [0.2, 0.25) is 0 Å². The predicted molar refractivity (Wildman–Crippen MR) is 133 cm³/mol. The normalized spacial score (nSPS) is 15.6. The lowest BCUT2D eigenvalue weighted by Crippen LogP contribution is -2.50. The Labute approximate surface area is 197 Å². The zero-order valence-electron chi connectivity index (χ0n) is 20.3. The molecular formula is C27H37N3O3. The van der Waals surface area contributed by atoms with Gasteiger partial charge >= 0.3 is 0 Å². The molecule has 0 radical (unpaired) electrons. The van der Waals surface area contributed by atoms with Crippen molar-refractivity contribution in [2.24, 2.45) is 5.92 Å². The zero-order valence-corrected chi connectivity index (χ0v) is 20.3. The van der Waals surface area contributed by atoms with Gasteiger partial charge in [-0.25, -0.2) is 0 Å². The van der Waals surface area contributed by atoms with Crippen molar-refractivity contribution >= 4 is 17.5 Å². The van der Waals surface area contributed by atoms with Gasteiger partial charge in [-0.05, 0) is 80.9 Å². The lowest BCUT2D eigenvalue weighted by Gasteiger charge is -2.36. The molecule has 1 aliphatic rings. The number of rotatable bonds is 9. The van der Waals surface area contributed by atoms with Gasteiger partial charge in [0.15, 0.2) is 0 Å². The molecule has 1 heterocycles. The highest BCUT2D eigenvalue weighted by Gasteiger charge is 2.29. The Hall–Kier alpha value is -2.86. The van der Waals surface area contributed by atoms with Crippen LogP contribution in [0.1, 0.15) is 37.8 Å². The molecule has 0 bridgehead atoms. The molecule has 33 heavy (non-hydrogen) atoms. The first-order valence-electron chi connectivity index (χ1n) is 11.9. The Kier molecular flexibility index (Phi) is 8.89. The SMILES string of the molecule is CCc1ccccc1NC(=O)CN(C)C(=O)C(C)N1CCC(Cc2ccc(OC)cc2)CC1. The Morgan fingerprint density at radius 2 is 1.79 bits per heavy atom. The van der Waals surface area contributed by atoms with Gasteiger partial charge in [-0.1, -0.05) is 37.3 Å². The maximum atomic E-state index is 13.0. The average Bonchev–Trinajstić information content (AvgIpc) is 2.84. The molecule has 178 valence electrons. The molecule has 1 saturated heterocycles. The smallest absolute Gasteiger partial charge is 0.243 e. The number of hydrogen-bond donors (Lipinski definition) is 1.